The van der Waals surface area contributed by atoms with Gasteiger partial charge in [-0.25, -0.2) is 12.8 Å². The van der Waals surface area contributed by atoms with Crippen LogP contribution in [0.15, 0.2) is 53.4 Å². The van der Waals surface area contributed by atoms with E-state index in [9.17, 15) is 17.6 Å². The molecule has 25 heavy (non-hydrogen) atoms. The number of amides is 1. The van der Waals surface area contributed by atoms with Crippen molar-refractivity contribution in [2.75, 3.05) is 25.0 Å². The lowest BCUT2D eigenvalue weighted by molar-refractivity contribution is -0.122. The standard InChI is InChI=1S/C17H18FN3O3S/c18-16-7-2-1-4-13(16)11-20-14-5-3-6-15(10-14)25(23,24)21-9-8-19-17(22)12-21/h1-7,10,20H,8-9,11-12H2,(H,19,22). The molecule has 1 saturated heterocycles. The highest BCUT2D eigenvalue weighted by Gasteiger charge is 2.29. The van der Waals surface area contributed by atoms with Gasteiger partial charge in [-0.3, -0.25) is 4.79 Å². The fourth-order valence-corrected chi connectivity index (χ4v) is 4.02. The van der Waals surface area contributed by atoms with Crippen LogP contribution >= 0.6 is 0 Å². The monoisotopic (exact) mass is 363 g/mol. The van der Waals surface area contributed by atoms with Gasteiger partial charge in [0.05, 0.1) is 11.4 Å². The number of carbonyl (C=O) groups excluding carboxylic acids is 1. The van der Waals surface area contributed by atoms with Crippen LogP contribution in [0.4, 0.5) is 10.1 Å². The van der Waals surface area contributed by atoms with E-state index in [0.717, 1.165) is 4.31 Å². The number of hydrogen-bond acceptors (Lipinski definition) is 4. The summed E-state index contributed by atoms with van der Waals surface area (Å²) in [4.78, 5) is 11.5. The number of piperazine rings is 1. The molecule has 0 bridgehead atoms. The van der Waals surface area contributed by atoms with Crippen LogP contribution in [0.2, 0.25) is 0 Å². The quantitative estimate of drug-likeness (QED) is 0.845. The molecule has 0 aromatic heterocycles. The van der Waals surface area contributed by atoms with E-state index in [1.54, 1.807) is 30.3 Å². The Hall–Kier alpha value is -2.45. The summed E-state index contributed by atoms with van der Waals surface area (Å²) < 4.78 is 40.2. The van der Waals surface area contributed by atoms with Crippen molar-refractivity contribution < 1.29 is 17.6 Å². The minimum absolute atomic E-state index is 0.0979. The van der Waals surface area contributed by atoms with Gasteiger partial charge < -0.3 is 10.6 Å². The van der Waals surface area contributed by atoms with Gasteiger partial charge in [0, 0.05) is 30.9 Å². The van der Waals surface area contributed by atoms with Gasteiger partial charge in [0.1, 0.15) is 5.82 Å². The minimum Gasteiger partial charge on any atom is -0.381 e. The van der Waals surface area contributed by atoms with E-state index < -0.39 is 10.0 Å². The third kappa shape index (κ3) is 3.97. The van der Waals surface area contributed by atoms with Crippen molar-refractivity contribution in [2.45, 2.75) is 11.4 Å². The fraction of sp³-hybridized carbons (Fsp3) is 0.235. The molecule has 1 aliphatic rings. The summed E-state index contributed by atoms with van der Waals surface area (Å²) in [7, 11) is -3.75. The molecule has 6 nitrogen and oxygen atoms in total. The van der Waals surface area contributed by atoms with Gasteiger partial charge in [-0.15, -0.1) is 0 Å². The number of benzene rings is 2. The molecule has 0 saturated carbocycles. The number of carbonyl (C=O) groups is 1. The first-order chi connectivity index (χ1) is 12.0. The molecule has 2 aromatic carbocycles. The number of rotatable bonds is 5. The molecule has 2 aromatic rings. The van der Waals surface area contributed by atoms with Crippen LogP contribution in [0.3, 0.4) is 0 Å². The highest BCUT2D eigenvalue weighted by Crippen LogP contribution is 2.21. The van der Waals surface area contributed by atoms with E-state index in [-0.39, 0.29) is 36.3 Å². The lowest BCUT2D eigenvalue weighted by atomic mass is 10.2. The van der Waals surface area contributed by atoms with Gasteiger partial charge >= 0.3 is 0 Å². The first-order valence-electron chi connectivity index (χ1n) is 7.81. The summed E-state index contributed by atoms with van der Waals surface area (Å²) in [5.41, 5.74) is 1.05. The predicted molar refractivity (Wildman–Crippen MR) is 91.9 cm³/mol. The number of halogens is 1. The van der Waals surface area contributed by atoms with Crippen molar-refractivity contribution in [1.29, 1.82) is 0 Å². The Morgan fingerprint density at radius 1 is 1.16 bits per heavy atom. The molecule has 3 rings (SSSR count). The van der Waals surface area contributed by atoms with E-state index in [1.165, 1.54) is 18.2 Å². The average molecular weight is 363 g/mol. The number of nitrogens with zero attached hydrogens (tertiary/aromatic N) is 1. The average Bonchev–Trinajstić information content (AvgIpc) is 2.61. The summed E-state index contributed by atoms with van der Waals surface area (Å²) in [5, 5.41) is 5.62. The number of anilines is 1. The molecule has 0 atom stereocenters. The molecular formula is C17H18FN3O3S. The summed E-state index contributed by atoms with van der Waals surface area (Å²) >= 11 is 0. The normalized spacial score (nSPS) is 15.6. The molecule has 8 heteroatoms. The molecule has 1 amide bonds. The largest absolute Gasteiger partial charge is 0.381 e. The Morgan fingerprint density at radius 2 is 1.96 bits per heavy atom. The van der Waals surface area contributed by atoms with Crippen molar-refractivity contribution >= 4 is 21.6 Å². The Bertz CT molecular complexity index is 886. The van der Waals surface area contributed by atoms with Crippen molar-refractivity contribution in [3.8, 4) is 0 Å². The number of sulfonamides is 1. The van der Waals surface area contributed by atoms with E-state index in [2.05, 4.69) is 10.6 Å². The predicted octanol–water partition coefficient (Wildman–Crippen LogP) is 1.56. The third-order valence-corrected chi connectivity index (χ3v) is 5.76. The van der Waals surface area contributed by atoms with Crippen LogP contribution < -0.4 is 10.6 Å². The number of hydrogen-bond donors (Lipinski definition) is 2. The fourth-order valence-electron chi connectivity index (χ4n) is 2.57. The molecule has 0 unspecified atom stereocenters. The van der Waals surface area contributed by atoms with E-state index in [0.29, 0.717) is 17.8 Å². The highest BCUT2D eigenvalue weighted by molar-refractivity contribution is 7.89. The maximum Gasteiger partial charge on any atom is 0.243 e. The Labute approximate surface area is 145 Å². The zero-order valence-corrected chi connectivity index (χ0v) is 14.2. The molecular weight excluding hydrogens is 345 g/mol. The second-order valence-electron chi connectivity index (χ2n) is 5.66. The lowest BCUT2D eigenvalue weighted by Crippen LogP contribution is -2.49. The molecule has 1 aliphatic heterocycles. The zero-order valence-electron chi connectivity index (χ0n) is 13.4. The number of nitrogens with one attached hydrogen (secondary N) is 2. The molecule has 1 fully saturated rings. The van der Waals surface area contributed by atoms with E-state index in [4.69, 9.17) is 0 Å². The van der Waals surface area contributed by atoms with Gasteiger partial charge in [0.25, 0.3) is 0 Å². The minimum atomic E-state index is -3.75. The summed E-state index contributed by atoms with van der Waals surface area (Å²) in [6, 6.07) is 12.7. The molecule has 0 spiro atoms. The van der Waals surface area contributed by atoms with Crippen molar-refractivity contribution in [2.24, 2.45) is 0 Å². The van der Waals surface area contributed by atoms with Crippen LogP contribution in [0.5, 0.6) is 0 Å². The Morgan fingerprint density at radius 3 is 2.72 bits per heavy atom. The van der Waals surface area contributed by atoms with Gasteiger partial charge in [-0.05, 0) is 24.3 Å². The zero-order chi connectivity index (χ0) is 17.9. The van der Waals surface area contributed by atoms with Crippen molar-refractivity contribution in [1.82, 2.24) is 9.62 Å². The maximum atomic E-state index is 13.7. The van der Waals surface area contributed by atoms with E-state index in [1.807, 2.05) is 0 Å². The second-order valence-corrected chi connectivity index (χ2v) is 7.60. The van der Waals surface area contributed by atoms with Crippen molar-refractivity contribution in [3.05, 3.63) is 59.9 Å². The first-order valence-corrected chi connectivity index (χ1v) is 9.25. The maximum absolute atomic E-state index is 13.7. The summed E-state index contributed by atoms with van der Waals surface area (Å²) in [5.74, 6) is -0.637. The highest BCUT2D eigenvalue weighted by atomic mass is 32.2. The first kappa shape index (κ1) is 17.4. The van der Waals surface area contributed by atoms with Crippen LogP contribution in [-0.2, 0) is 21.4 Å². The van der Waals surface area contributed by atoms with Crippen LogP contribution in [0.25, 0.3) is 0 Å². The van der Waals surface area contributed by atoms with Gasteiger partial charge in [0.15, 0.2) is 0 Å². The summed E-state index contributed by atoms with van der Waals surface area (Å²) in [6.07, 6.45) is 0. The molecule has 2 N–H and O–H groups in total. The lowest BCUT2D eigenvalue weighted by Gasteiger charge is -2.26. The van der Waals surface area contributed by atoms with Gasteiger partial charge in [0.2, 0.25) is 15.9 Å². The smallest absolute Gasteiger partial charge is 0.243 e. The van der Waals surface area contributed by atoms with Crippen molar-refractivity contribution in [3.63, 3.8) is 0 Å². The van der Waals surface area contributed by atoms with Crippen LogP contribution in [0.1, 0.15) is 5.56 Å². The Balaban J connectivity index is 1.77. The molecule has 132 valence electrons. The van der Waals surface area contributed by atoms with Crippen LogP contribution in [0, 0.1) is 5.82 Å². The molecule has 0 radical (unpaired) electrons. The van der Waals surface area contributed by atoms with Gasteiger partial charge in [-0.1, -0.05) is 24.3 Å². The molecule has 1 heterocycles. The molecule has 0 aliphatic carbocycles. The van der Waals surface area contributed by atoms with Crippen LogP contribution in [-0.4, -0.2) is 38.3 Å². The summed E-state index contributed by atoms with van der Waals surface area (Å²) in [6.45, 7) is 0.585. The SMILES string of the molecule is O=C1CN(S(=O)(=O)c2cccc(NCc3ccccc3F)c2)CCN1. The second kappa shape index (κ2) is 7.20. The third-order valence-electron chi connectivity index (χ3n) is 3.92. The Kier molecular flexibility index (Phi) is 5.00. The topological polar surface area (TPSA) is 78.5 Å². The van der Waals surface area contributed by atoms with E-state index >= 15 is 0 Å². The van der Waals surface area contributed by atoms with Gasteiger partial charge in [-0.2, -0.15) is 4.31 Å².